The van der Waals surface area contributed by atoms with Gasteiger partial charge >= 0.3 is 0 Å². The van der Waals surface area contributed by atoms with Gasteiger partial charge in [0.05, 0.1) is 0 Å². The third-order valence-electron chi connectivity index (χ3n) is 4.12. The summed E-state index contributed by atoms with van der Waals surface area (Å²) in [6.07, 6.45) is 3.99. The molecule has 0 amide bonds. The second-order valence-corrected chi connectivity index (χ2v) is 5.49. The second kappa shape index (κ2) is 5.58. The lowest BCUT2D eigenvalue weighted by molar-refractivity contribution is 0.252. The Hall–Kier alpha value is -0.260. The first-order valence-electron chi connectivity index (χ1n) is 5.98. The molecule has 0 radical (unpaired) electrons. The molecule has 14 heavy (non-hydrogen) atoms. The van der Waals surface area contributed by atoms with Crippen molar-refractivity contribution in [1.82, 2.24) is 0 Å². The van der Waals surface area contributed by atoms with Crippen molar-refractivity contribution in [3.63, 3.8) is 0 Å². The average molecular weight is 196 g/mol. The number of hydrogen-bond donors (Lipinski definition) is 0. The predicted octanol–water partition coefficient (Wildman–Crippen LogP) is 5.05. The molecule has 2 unspecified atom stereocenters. The van der Waals surface area contributed by atoms with E-state index in [0.717, 1.165) is 11.8 Å². The Balaban J connectivity index is 4.07. The Bertz CT molecular complexity index is 176. The minimum absolute atomic E-state index is 0.299. The maximum atomic E-state index is 4.10. The lowest BCUT2D eigenvalue weighted by Gasteiger charge is -2.33. The SMILES string of the molecule is C=C(C)C(C)(C)C(C)CCC(C)CC. The Morgan fingerprint density at radius 3 is 2.07 bits per heavy atom. The molecule has 0 fully saturated rings. The highest BCUT2D eigenvalue weighted by Crippen LogP contribution is 2.36. The lowest BCUT2D eigenvalue weighted by atomic mass is 9.72. The molecule has 84 valence electrons. The van der Waals surface area contributed by atoms with E-state index in [0.29, 0.717) is 5.41 Å². The molecule has 0 heterocycles. The summed E-state index contributed by atoms with van der Waals surface area (Å²) in [5, 5.41) is 0. The molecule has 0 aromatic carbocycles. The summed E-state index contributed by atoms with van der Waals surface area (Å²) in [7, 11) is 0. The largest absolute Gasteiger partial charge is 0.0996 e. The molecule has 0 aromatic heterocycles. The van der Waals surface area contributed by atoms with Crippen LogP contribution in [0.15, 0.2) is 12.2 Å². The Kier molecular flexibility index (Phi) is 5.48. The van der Waals surface area contributed by atoms with E-state index in [1.165, 1.54) is 24.8 Å². The van der Waals surface area contributed by atoms with E-state index in [4.69, 9.17) is 0 Å². The maximum Gasteiger partial charge on any atom is -0.0125 e. The molecule has 0 saturated heterocycles. The third kappa shape index (κ3) is 3.86. The summed E-state index contributed by atoms with van der Waals surface area (Å²) in [6.45, 7) is 17.9. The quantitative estimate of drug-likeness (QED) is 0.521. The van der Waals surface area contributed by atoms with Crippen molar-refractivity contribution in [2.45, 2.75) is 60.8 Å². The first kappa shape index (κ1) is 13.7. The molecule has 0 aliphatic heterocycles. The molecule has 0 aliphatic rings. The van der Waals surface area contributed by atoms with Crippen LogP contribution in [-0.4, -0.2) is 0 Å². The van der Waals surface area contributed by atoms with Gasteiger partial charge in [0.1, 0.15) is 0 Å². The molecule has 0 nitrogen and oxygen atoms in total. The van der Waals surface area contributed by atoms with Gasteiger partial charge in [-0.3, -0.25) is 0 Å². The second-order valence-electron chi connectivity index (χ2n) is 5.49. The van der Waals surface area contributed by atoms with Crippen molar-refractivity contribution in [1.29, 1.82) is 0 Å². The highest BCUT2D eigenvalue weighted by atomic mass is 14.3. The van der Waals surface area contributed by atoms with Crippen LogP contribution in [0.2, 0.25) is 0 Å². The molecule has 0 rings (SSSR count). The van der Waals surface area contributed by atoms with Crippen LogP contribution in [0, 0.1) is 17.3 Å². The van der Waals surface area contributed by atoms with Gasteiger partial charge in [0.25, 0.3) is 0 Å². The van der Waals surface area contributed by atoms with Crippen LogP contribution < -0.4 is 0 Å². The fourth-order valence-electron chi connectivity index (χ4n) is 1.52. The van der Waals surface area contributed by atoms with Gasteiger partial charge < -0.3 is 0 Å². The van der Waals surface area contributed by atoms with Crippen LogP contribution in [0.1, 0.15) is 60.8 Å². The number of allylic oxidation sites excluding steroid dienone is 1. The summed E-state index contributed by atoms with van der Waals surface area (Å²) in [4.78, 5) is 0. The Morgan fingerprint density at radius 1 is 1.21 bits per heavy atom. The van der Waals surface area contributed by atoms with Crippen LogP contribution in [-0.2, 0) is 0 Å². The van der Waals surface area contributed by atoms with Crippen LogP contribution in [0.4, 0.5) is 0 Å². The van der Waals surface area contributed by atoms with Crippen LogP contribution in [0.3, 0.4) is 0 Å². The average Bonchev–Trinajstić information content (AvgIpc) is 2.12. The lowest BCUT2D eigenvalue weighted by Crippen LogP contribution is -2.23. The summed E-state index contributed by atoms with van der Waals surface area (Å²) in [6, 6.07) is 0. The van der Waals surface area contributed by atoms with Gasteiger partial charge in [0.2, 0.25) is 0 Å². The van der Waals surface area contributed by atoms with Crippen molar-refractivity contribution in [3.05, 3.63) is 12.2 Å². The highest BCUT2D eigenvalue weighted by Gasteiger charge is 2.26. The van der Waals surface area contributed by atoms with E-state index in [2.05, 4.69) is 48.1 Å². The van der Waals surface area contributed by atoms with Gasteiger partial charge in [-0.1, -0.05) is 59.6 Å². The van der Waals surface area contributed by atoms with Crippen molar-refractivity contribution in [2.75, 3.05) is 0 Å². The van der Waals surface area contributed by atoms with Crippen molar-refractivity contribution in [2.24, 2.45) is 17.3 Å². The fourth-order valence-corrected chi connectivity index (χ4v) is 1.52. The van der Waals surface area contributed by atoms with Gasteiger partial charge in [0.15, 0.2) is 0 Å². The van der Waals surface area contributed by atoms with E-state index in [1.807, 2.05) is 0 Å². The first-order chi connectivity index (χ1) is 6.32. The third-order valence-corrected chi connectivity index (χ3v) is 4.12. The van der Waals surface area contributed by atoms with E-state index in [1.54, 1.807) is 0 Å². The van der Waals surface area contributed by atoms with Gasteiger partial charge in [-0.05, 0) is 30.6 Å². The molecule has 0 N–H and O–H groups in total. The zero-order valence-corrected chi connectivity index (χ0v) is 11.0. The molecule has 0 spiro atoms. The summed E-state index contributed by atoms with van der Waals surface area (Å²) in [5.74, 6) is 1.62. The molecular weight excluding hydrogens is 168 g/mol. The first-order valence-corrected chi connectivity index (χ1v) is 5.98. The standard InChI is InChI=1S/C14H28/c1-8-12(4)9-10-13(5)14(6,7)11(2)3/h12-13H,2,8-10H2,1,3-7H3. The Labute approximate surface area is 90.8 Å². The van der Waals surface area contributed by atoms with Crippen LogP contribution in [0.5, 0.6) is 0 Å². The maximum absolute atomic E-state index is 4.10. The minimum Gasteiger partial charge on any atom is -0.0996 e. The molecule has 0 heteroatoms. The van der Waals surface area contributed by atoms with Crippen LogP contribution in [0.25, 0.3) is 0 Å². The Morgan fingerprint density at radius 2 is 1.71 bits per heavy atom. The summed E-state index contributed by atoms with van der Waals surface area (Å²) < 4.78 is 0. The molecule has 2 atom stereocenters. The smallest absolute Gasteiger partial charge is 0.0125 e. The van der Waals surface area contributed by atoms with Crippen LogP contribution >= 0.6 is 0 Å². The van der Waals surface area contributed by atoms with Gasteiger partial charge in [-0.2, -0.15) is 0 Å². The van der Waals surface area contributed by atoms with Crippen molar-refractivity contribution >= 4 is 0 Å². The topological polar surface area (TPSA) is 0 Å². The van der Waals surface area contributed by atoms with Gasteiger partial charge in [-0.15, -0.1) is 0 Å². The minimum atomic E-state index is 0.299. The van der Waals surface area contributed by atoms with Gasteiger partial charge in [0, 0.05) is 0 Å². The molecule has 0 aliphatic carbocycles. The van der Waals surface area contributed by atoms with E-state index in [9.17, 15) is 0 Å². The highest BCUT2D eigenvalue weighted by molar-refractivity contribution is 5.05. The normalized spacial score (nSPS) is 16.4. The molecule has 0 saturated carbocycles. The van der Waals surface area contributed by atoms with E-state index in [-0.39, 0.29) is 0 Å². The predicted molar refractivity (Wildman–Crippen MR) is 66.4 cm³/mol. The summed E-state index contributed by atoms with van der Waals surface area (Å²) >= 11 is 0. The van der Waals surface area contributed by atoms with E-state index < -0.39 is 0 Å². The fraction of sp³-hybridized carbons (Fsp3) is 0.857. The summed E-state index contributed by atoms with van der Waals surface area (Å²) in [5.41, 5.74) is 1.61. The molecule has 0 bridgehead atoms. The molecule has 0 aromatic rings. The zero-order valence-electron chi connectivity index (χ0n) is 11.0. The van der Waals surface area contributed by atoms with Gasteiger partial charge in [-0.25, -0.2) is 0 Å². The van der Waals surface area contributed by atoms with Crippen molar-refractivity contribution in [3.8, 4) is 0 Å². The number of hydrogen-bond acceptors (Lipinski definition) is 0. The van der Waals surface area contributed by atoms with E-state index >= 15 is 0 Å². The monoisotopic (exact) mass is 196 g/mol. The number of rotatable bonds is 6. The van der Waals surface area contributed by atoms with Crippen molar-refractivity contribution < 1.29 is 0 Å². The molecular formula is C14H28. The zero-order chi connectivity index (χ0) is 11.4.